The number of carbonyl (C=O) groups is 4. The van der Waals surface area contributed by atoms with Crippen molar-refractivity contribution in [2.24, 2.45) is 0 Å². The van der Waals surface area contributed by atoms with Gasteiger partial charge in [0.2, 0.25) is 5.91 Å². The zero-order valence-corrected chi connectivity index (χ0v) is 27.8. The van der Waals surface area contributed by atoms with Gasteiger partial charge in [0.25, 0.3) is 11.8 Å². The fourth-order valence-corrected chi connectivity index (χ4v) is 5.79. The number of thiazole rings is 1. The van der Waals surface area contributed by atoms with Gasteiger partial charge in [0, 0.05) is 33.2 Å². The van der Waals surface area contributed by atoms with Crippen LogP contribution in [-0.4, -0.2) is 54.8 Å². The number of methoxy groups -OCH3 is 2. The van der Waals surface area contributed by atoms with Crippen LogP contribution in [0.3, 0.4) is 0 Å². The topological polar surface area (TPSA) is 145 Å². The molecule has 13 heteroatoms. The van der Waals surface area contributed by atoms with E-state index in [1.807, 2.05) is 6.07 Å². The third-order valence-corrected chi connectivity index (χ3v) is 8.36. The molecular formula is C34H34N4O7S2. The molecule has 0 saturated carbocycles. The molecule has 3 amide bonds. The van der Waals surface area contributed by atoms with Gasteiger partial charge >= 0.3 is 5.97 Å². The van der Waals surface area contributed by atoms with Crippen molar-refractivity contribution in [2.45, 2.75) is 30.4 Å². The lowest BCUT2D eigenvalue weighted by molar-refractivity contribution is -0.142. The highest BCUT2D eigenvalue weighted by atomic mass is 32.2. The quantitative estimate of drug-likeness (QED) is 0.0859. The van der Waals surface area contributed by atoms with Gasteiger partial charge in [-0.15, -0.1) is 23.1 Å². The third kappa shape index (κ3) is 10.2. The molecule has 1 heterocycles. The second-order valence-electron chi connectivity index (χ2n) is 9.84. The number of hydrogen-bond acceptors (Lipinski definition) is 10. The van der Waals surface area contributed by atoms with Crippen LogP contribution in [0.5, 0.6) is 11.5 Å². The van der Waals surface area contributed by atoms with Crippen molar-refractivity contribution in [1.29, 1.82) is 0 Å². The number of aromatic nitrogens is 1. The minimum Gasteiger partial charge on any atom is -0.497 e. The van der Waals surface area contributed by atoms with Gasteiger partial charge in [-0.2, -0.15) is 0 Å². The van der Waals surface area contributed by atoms with Crippen molar-refractivity contribution in [3.8, 4) is 11.5 Å². The molecule has 244 valence electrons. The number of anilines is 2. The first kappa shape index (κ1) is 34.7. The molecule has 3 aromatic carbocycles. The van der Waals surface area contributed by atoms with Crippen LogP contribution in [0, 0.1) is 0 Å². The van der Waals surface area contributed by atoms with Gasteiger partial charge in [-0.25, -0.2) is 4.98 Å². The Morgan fingerprint density at radius 1 is 0.957 bits per heavy atom. The van der Waals surface area contributed by atoms with Crippen molar-refractivity contribution in [2.75, 3.05) is 31.5 Å². The van der Waals surface area contributed by atoms with E-state index >= 15 is 0 Å². The van der Waals surface area contributed by atoms with E-state index < -0.39 is 17.1 Å². The van der Waals surface area contributed by atoms with Crippen LogP contribution in [0.25, 0.3) is 6.08 Å². The van der Waals surface area contributed by atoms with E-state index in [4.69, 9.17) is 14.2 Å². The first-order valence-corrected chi connectivity index (χ1v) is 16.2. The van der Waals surface area contributed by atoms with Crippen LogP contribution >= 0.6 is 23.1 Å². The van der Waals surface area contributed by atoms with E-state index in [0.29, 0.717) is 39.1 Å². The Bertz CT molecular complexity index is 1760. The van der Waals surface area contributed by atoms with Crippen LogP contribution in [0.1, 0.15) is 35.5 Å². The highest BCUT2D eigenvalue weighted by Crippen LogP contribution is 2.29. The largest absolute Gasteiger partial charge is 0.497 e. The maximum atomic E-state index is 13.6. The van der Waals surface area contributed by atoms with E-state index in [0.717, 1.165) is 4.90 Å². The summed E-state index contributed by atoms with van der Waals surface area (Å²) in [5, 5.41) is 9.91. The number of benzene rings is 3. The minimum absolute atomic E-state index is 0.0149. The first-order chi connectivity index (χ1) is 22.7. The van der Waals surface area contributed by atoms with Crippen LogP contribution in [0.2, 0.25) is 0 Å². The Morgan fingerprint density at radius 3 is 2.47 bits per heavy atom. The predicted molar refractivity (Wildman–Crippen MR) is 183 cm³/mol. The lowest BCUT2D eigenvalue weighted by atomic mass is 10.1. The average Bonchev–Trinajstić information content (AvgIpc) is 3.51. The summed E-state index contributed by atoms with van der Waals surface area (Å²) < 4.78 is 15.7. The first-order valence-electron chi connectivity index (χ1n) is 14.5. The van der Waals surface area contributed by atoms with Crippen LogP contribution in [0.4, 0.5) is 10.8 Å². The maximum absolute atomic E-state index is 13.6. The molecular weight excluding hydrogens is 641 g/mol. The minimum atomic E-state index is -0.567. The smallest absolute Gasteiger partial charge is 0.311 e. The third-order valence-electron chi connectivity index (χ3n) is 6.46. The number of nitrogens with one attached hydrogen (secondary N) is 3. The van der Waals surface area contributed by atoms with Crippen molar-refractivity contribution in [1.82, 2.24) is 10.3 Å². The number of rotatable bonds is 14. The van der Waals surface area contributed by atoms with Gasteiger partial charge in [0.05, 0.1) is 38.2 Å². The monoisotopic (exact) mass is 674 g/mol. The summed E-state index contributed by atoms with van der Waals surface area (Å²) in [6.45, 7) is 3.77. The molecule has 11 nitrogen and oxygen atoms in total. The summed E-state index contributed by atoms with van der Waals surface area (Å²) in [5.74, 6) is -0.667. The van der Waals surface area contributed by atoms with Crippen molar-refractivity contribution in [3.05, 3.63) is 101 Å². The maximum Gasteiger partial charge on any atom is 0.311 e. The molecule has 0 aliphatic rings. The Labute approximate surface area is 280 Å². The summed E-state index contributed by atoms with van der Waals surface area (Å²) in [7, 11) is 3.04. The van der Waals surface area contributed by atoms with Gasteiger partial charge in [0.15, 0.2) is 5.13 Å². The Morgan fingerprint density at radius 2 is 1.74 bits per heavy atom. The van der Waals surface area contributed by atoms with Crippen molar-refractivity contribution in [3.63, 3.8) is 0 Å². The molecule has 1 atom stereocenters. The zero-order chi connectivity index (χ0) is 33.8. The van der Waals surface area contributed by atoms with Crippen LogP contribution < -0.4 is 25.4 Å². The number of ether oxygens (including phenoxy) is 3. The summed E-state index contributed by atoms with van der Waals surface area (Å²) in [4.78, 5) is 56.3. The molecule has 3 N–H and O–H groups in total. The van der Waals surface area contributed by atoms with Gasteiger partial charge in [-0.3, -0.25) is 19.2 Å². The number of esters is 1. The highest BCUT2D eigenvalue weighted by molar-refractivity contribution is 8.00. The summed E-state index contributed by atoms with van der Waals surface area (Å²) in [5.41, 5.74) is 1.89. The molecule has 4 rings (SSSR count). The average molecular weight is 675 g/mol. The fourth-order valence-electron chi connectivity index (χ4n) is 4.15. The Balaban J connectivity index is 1.47. The molecule has 0 fully saturated rings. The van der Waals surface area contributed by atoms with Gasteiger partial charge in [0.1, 0.15) is 17.2 Å². The SMILES string of the molecule is CCOC(=O)Cc1csc(NC(=O)C(C)Sc2cccc(NC(=O)/C(=C\c3ccc(OC)cc3OC)NC(=O)c3ccccc3)c2)n1. The number of nitrogens with zero attached hydrogens (tertiary/aromatic N) is 1. The lowest BCUT2D eigenvalue weighted by Gasteiger charge is -2.14. The Hall–Kier alpha value is -5.14. The normalized spacial score (nSPS) is 11.6. The predicted octanol–water partition coefficient (Wildman–Crippen LogP) is 5.79. The molecule has 0 spiro atoms. The molecule has 1 unspecified atom stereocenters. The van der Waals surface area contributed by atoms with Gasteiger partial charge < -0.3 is 30.2 Å². The van der Waals surface area contributed by atoms with E-state index in [1.165, 1.54) is 43.4 Å². The number of thioether (sulfide) groups is 1. The lowest BCUT2D eigenvalue weighted by Crippen LogP contribution is -2.30. The second kappa shape index (κ2) is 17.0. The van der Waals surface area contributed by atoms with Gasteiger partial charge in [-0.05, 0) is 62.4 Å². The molecule has 0 aliphatic heterocycles. The van der Waals surface area contributed by atoms with E-state index in [1.54, 1.807) is 86.0 Å². The zero-order valence-electron chi connectivity index (χ0n) is 26.2. The highest BCUT2D eigenvalue weighted by Gasteiger charge is 2.19. The molecule has 47 heavy (non-hydrogen) atoms. The Kier molecular flexibility index (Phi) is 12.5. The van der Waals surface area contributed by atoms with Crippen molar-refractivity contribution >= 4 is 63.7 Å². The molecule has 0 bridgehead atoms. The molecule has 4 aromatic rings. The van der Waals surface area contributed by atoms with E-state index in [2.05, 4.69) is 20.9 Å². The summed E-state index contributed by atoms with van der Waals surface area (Å²) >= 11 is 2.51. The van der Waals surface area contributed by atoms with Gasteiger partial charge in [-0.1, -0.05) is 24.3 Å². The number of carbonyl (C=O) groups excluding carboxylic acids is 4. The van der Waals surface area contributed by atoms with Crippen LogP contribution in [0.15, 0.2) is 88.8 Å². The van der Waals surface area contributed by atoms with E-state index in [9.17, 15) is 19.2 Å². The molecule has 0 saturated heterocycles. The van der Waals surface area contributed by atoms with Crippen molar-refractivity contribution < 1.29 is 33.4 Å². The van der Waals surface area contributed by atoms with Crippen LogP contribution in [-0.2, 0) is 25.5 Å². The molecule has 1 aromatic heterocycles. The van der Waals surface area contributed by atoms with E-state index in [-0.39, 0.29) is 30.6 Å². The number of hydrogen-bond donors (Lipinski definition) is 3. The molecule has 0 aliphatic carbocycles. The second-order valence-corrected chi connectivity index (χ2v) is 12.1. The number of amides is 3. The summed E-state index contributed by atoms with van der Waals surface area (Å²) in [6, 6.07) is 20.7. The molecule has 0 radical (unpaired) electrons. The standard InChI is InChI=1S/C34H34N4O7S2/c1-5-45-30(39)18-25-20-46-34(36-25)38-31(40)21(2)47-27-13-9-12-24(17-27)35-33(42)28(37-32(41)22-10-7-6-8-11-22)16-23-14-15-26(43-3)19-29(23)44-4/h6-17,19-21H,5,18H2,1-4H3,(H,35,42)(H,37,41)(H,36,38,40)/b28-16+. The summed E-state index contributed by atoms with van der Waals surface area (Å²) in [6.07, 6.45) is 1.56. The fraction of sp³-hybridized carbons (Fsp3) is 0.206.